The van der Waals surface area contributed by atoms with E-state index in [0.717, 1.165) is 11.4 Å². The molecule has 0 spiro atoms. The number of rotatable bonds is 1. The molecule has 0 saturated heterocycles. The van der Waals surface area contributed by atoms with E-state index in [-0.39, 0.29) is 5.41 Å². The van der Waals surface area contributed by atoms with Gasteiger partial charge in [0, 0.05) is 18.3 Å². The fourth-order valence-corrected chi connectivity index (χ4v) is 1.07. The van der Waals surface area contributed by atoms with Gasteiger partial charge in [0.1, 0.15) is 0 Å². The Morgan fingerprint density at radius 2 is 1.77 bits per heavy atom. The molecular formula is C11H18N2. The summed E-state index contributed by atoms with van der Waals surface area (Å²) in [5.74, 6) is 0.445. The van der Waals surface area contributed by atoms with Crippen molar-refractivity contribution in [3.05, 3.63) is 23.8 Å². The maximum atomic E-state index is 4.38. The molecule has 1 aromatic rings. The summed E-state index contributed by atoms with van der Waals surface area (Å²) in [6.07, 6.45) is 3.71. The normalized spacial score (nSPS) is 14.2. The summed E-state index contributed by atoms with van der Waals surface area (Å²) in [5, 5.41) is 0. The average molecular weight is 178 g/mol. The fraction of sp³-hybridized carbons (Fsp3) is 0.636. The van der Waals surface area contributed by atoms with Gasteiger partial charge in [0.25, 0.3) is 0 Å². The van der Waals surface area contributed by atoms with Crippen LogP contribution >= 0.6 is 0 Å². The molecule has 0 amide bonds. The topological polar surface area (TPSA) is 25.8 Å². The molecule has 1 rings (SSSR count). The van der Waals surface area contributed by atoms with E-state index in [1.165, 1.54) is 0 Å². The van der Waals surface area contributed by atoms with Crippen molar-refractivity contribution in [1.29, 1.82) is 0 Å². The monoisotopic (exact) mass is 178 g/mol. The van der Waals surface area contributed by atoms with Gasteiger partial charge in [-0.05, 0) is 12.3 Å². The lowest BCUT2D eigenvalue weighted by molar-refractivity contribution is 0.333. The largest absolute Gasteiger partial charge is 0.258 e. The van der Waals surface area contributed by atoms with Gasteiger partial charge in [-0.25, -0.2) is 0 Å². The maximum Gasteiger partial charge on any atom is 0.0620 e. The summed E-state index contributed by atoms with van der Waals surface area (Å²) < 4.78 is 0. The van der Waals surface area contributed by atoms with E-state index in [4.69, 9.17) is 0 Å². The van der Waals surface area contributed by atoms with E-state index < -0.39 is 0 Å². The Morgan fingerprint density at radius 1 is 1.15 bits per heavy atom. The second kappa shape index (κ2) is 3.44. The Bertz CT molecular complexity index is 269. The van der Waals surface area contributed by atoms with Crippen LogP contribution in [0.5, 0.6) is 0 Å². The number of aromatic nitrogens is 2. The second-order valence-electron chi connectivity index (χ2n) is 4.67. The number of hydrogen-bond donors (Lipinski definition) is 0. The first-order chi connectivity index (χ1) is 5.91. The summed E-state index contributed by atoms with van der Waals surface area (Å²) in [6, 6.07) is 0. The summed E-state index contributed by atoms with van der Waals surface area (Å²) in [5.41, 5.74) is 2.31. The number of nitrogens with zero attached hydrogens (tertiary/aromatic N) is 2. The van der Waals surface area contributed by atoms with E-state index in [0.29, 0.717) is 5.92 Å². The van der Waals surface area contributed by atoms with Gasteiger partial charge >= 0.3 is 0 Å². The van der Waals surface area contributed by atoms with Crippen molar-refractivity contribution in [1.82, 2.24) is 9.97 Å². The zero-order valence-corrected chi connectivity index (χ0v) is 9.13. The molecule has 0 unspecified atom stereocenters. The molecule has 0 bridgehead atoms. The van der Waals surface area contributed by atoms with Gasteiger partial charge in [-0.2, -0.15) is 0 Å². The van der Waals surface area contributed by atoms with E-state index in [1.54, 1.807) is 0 Å². The highest BCUT2D eigenvalue weighted by atomic mass is 14.8. The standard InChI is InChI=1S/C11H18N2/c1-8-6-13-10(7-12-8)9(2)11(3,4)5/h6-7,9H,1-5H3/t9-/m0/s1. The van der Waals surface area contributed by atoms with Crippen LogP contribution in [0, 0.1) is 12.3 Å². The average Bonchev–Trinajstić information content (AvgIpc) is 2.03. The van der Waals surface area contributed by atoms with Crippen LogP contribution < -0.4 is 0 Å². The molecule has 0 aliphatic rings. The van der Waals surface area contributed by atoms with E-state index in [1.807, 2.05) is 19.3 Å². The lowest BCUT2D eigenvalue weighted by atomic mass is 9.80. The fourth-order valence-electron chi connectivity index (χ4n) is 1.07. The van der Waals surface area contributed by atoms with Gasteiger partial charge in [-0.1, -0.05) is 27.7 Å². The third-order valence-corrected chi connectivity index (χ3v) is 2.54. The van der Waals surface area contributed by atoms with Crippen LogP contribution in [0.25, 0.3) is 0 Å². The molecule has 0 aliphatic heterocycles. The molecule has 0 N–H and O–H groups in total. The lowest BCUT2D eigenvalue weighted by Gasteiger charge is -2.26. The summed E-state index contributed by atoms with van der Waals surface area (Å²) in [6.45, 7) is 10.8. The Hall–Kier alpha value is -0.920. The first-order valence-electron chi connectivity index (χ1n) is 4.70. The Morgan fingerprint density at radius 3 is 2.15 bits per heavy atom. The van der Waals surface area contributed by atoms with Crippen LogP contribution in [0.1, 0.15) is 45.0 Å². The van der Waals surface area contributed by atoms with Crippen molar-refractivity contribution in [2.45, 2.75) is 40.5 Å². The van der Waals surface area contributed by atoms with Crippen molar-refractivity contribution >= 4 is 0 Å². The van der Waals surface area contributed by atoms with Gasteiger partial charge in [-0.15, -0.1) is 0 Å². The molecule has 2 nitrogen and oxygen atoms in total. The lowest BCUT2D eigenvalue weighted by Crippen LogP contribution is -2.16. The predicted octanol–water partition coefficient (Wildman–Crippen LogP) is 2.93. The number of hydrogen-bond acceptors (Lipinski definition) is 2. The smallest absolute Gasteiger partial charge is 0.0620 e. The molecule has 0 fully saturated rings. The highest BCUT2D eigenvalue weighted by Crippen LogP contribution is 2.32. The molecular weight excluding hydrogens is 160 g/mol. The molecule has 0 radical (unpaired) electrons. The first-order valence-corrected chi connectivity index (χ1v) is 4.70. The van der Waals surface area contributed by atoms with E-state index in [9.17, 15) is 0 Å². The van der Waals surface area contributed by atoms with Crippen LogP contribution in [0.15, 0.2) is 12.4 Å². The predicted molar refractivity (Wildman–Crippen MR) is 54.6 cm³/mol. The van der Waals surface area contributed by atoms with Crippen molar-refractivity contribution in [3.8, 4) is 0 Å². The molecule has 1 atom stereocenters. The number of aryl methyl sites for hydroxylation is 1. The van der Waals surface area contributed by atoms with Gasteiger partial charge in [0.2, 0.25) is 0 Å². The van der Waals surface area contributed by atoms with Gasteiger partial charge in [0.05, 0.1) is 11.4 Å². The minimum atomic E-state index is 0.254. The van der Waals surface area contributed by atoms with Crippen LogP contribution in [0.4, 0.5) is 0 Å². The summed E-state index contributed by atoms with van der Waals surface area (Å²) in [7, 11) is 0. The van der Waals surface area contributed by atoms with Crippen molar-refractivity contribution in [2.75, 3.05) is 0 Å². The summed E-state index contributed by atoms with van der Waals surface area (Å²) >= 11 is 0. The minimum Gasteiger partial charge on any atom is -0.258 e. The van der Waals surface area contributed by atoms with Gasteiger partial charge < -0.3 is 0 Å². The zero-order valence-electron chi connectivity index (χ0n) is 9.13. The molecule has 13 heavy (non-hydrogen) atoms. The maximum absolute atomic E-state index is 4.38. The molecule has 0 saturated carbocycles. The van der Waals surface area contributed by atoms with Gasteiger partial charge in [0.15, 0.2) is 0 Å². The Kier molecular flexibility index (Phi) is 2.69. The van der Waals surface area contributed by atoms with E-state index in [2.05, 4.69) is 37.7 Å². The Balaban J connectivity index is 2.90. The molecule has 0 aromatic carbocycles. The minimum absolute atomic E-state index is 0.254. The second-order valence-corrected chi connectivity index (χ2v) is 4.67. The highest BCUT2D eigenvalue weighted by molar-refractivity contribution is 5.08. The van der Waals surface area contributed by atoms with Crippen molar-refractivity contribution in [3.63, 3.8) is 0 Å². The summed E-state index contributed by atoms with van der Waals surface area (Å²) in [4.78, 5) is 8.63. The van der Waals surface area contributed by atoms with Crippen LogP contribution in [0.2, 0.25) is 0 Å². The van der Waals surface area contributed by atoms with Crippen LogP contribution in [0.3, 0.4) is 0 Å². The van der Waals surface area contributed by atoms with E-state index >= 15 is 0 Å². The van der Waals surface area contributed by atoms with Crippen molar-refractivity contribution < 1.29 is 0 Å². The Labute approximate surface area is 80.4 Å². The molecule has 2 heteroatoms. The molecule has 72 valence electrons. The van der Waals surface area contributed by atoms with Crippen LogP contribution in [-0.4, -0.2) is 9.97 Å². The first kappa shape index (κ1) is 10.2. The molecule has 1 aromatic heterocycles. The van der Waals surface area contributed by atoms with Crippen molar-refractivity contribution in [2.24, 2.45) is 5.41 Å². The quantitative estimate of drug-likeness (QED) is 0.660. The van der Waals surface area contributed by atoms with Crippen LogP contribution in [-0.2, 0) is 0 Å². The molecule has 0 aliphatic carbocycles. The molecule has 1 heterocycles. The third kappa shape index (κ3) is 2.51. The third-order valence-electron chi connectivity index (χ3n) is 2.54. The van der Waals surface area contributed by atoms with Gasteiger partial charge in [-0.3, -0.25) is 9.97 Å². The highest BCUT2D eigenvalue weighted by Gasteiger charge is 2.22. The SMILES string of the molecule is Cc1cnc([C@H](C)C(C)(C)C)cn1. The zero-order chi connectivity index (χ0) is 10.1.